The standard InChI is InChI=1S/C14H9F3N4OS/c1-21-12(22)8-4-2-3-5-9(8)18-13(21)23-11-7-6-10(19-20-11)14(15,16)17/h2-7H,1H3. The highest BCUT2D eigenvalue weighted by atomic mass is 32.2. The first-order valence-corrected chi connectivity index (χ1v) is 7.22. The van der Waals surface area contributed by atoms with Gasteiger partial charge >= 0.3 is 6.18 Å². The molecule has 5 nitrogen and oxygen atoms in total. The molecule has 0 spiro atoms. The minimum atomic E-state index is -4.54. The summed E-state index contributed by atoms with van der Waals surface area (Å²) in [6, 6.07) is 8.88. The minimum absolute atomic E-state index is 0.218. The highest BCUT2D eigenvalue weighted by molar-refractivity contribution is 7.99. The van der Waals surface area contributed by atoms with Crippen LogP contribution in [-0.2, 0) is 13.2 Å². The lowest BCUT2D eigenvalue weighted by molar-refractivity contribution is -0.141. The Hall–Kier alpha value is -2.42. The maximum Gasteiger partial charge on any atom is 0.435 e. The second kappa shape index (κ2) is 5.65. The molecule has 0 amide bonds. The quantitative estimate of drug-likeness (QED) is 0.673. The van der Waals surface area contributed by atoms with Crippen LogP contribution in [0, 0.1) is 0 Å². The normalized spacial score (nSPS) is 11.8. The molecule has 1 aromatic carbocycles. The van der Waals surface area contributed by atoms with Gasteiger partial charge in [-0.2, -0.15) is 13.2 Å². The van der Waals surface area contributed by atoms with Crippen molar-refractivity contribution in [2.45, 2.75) is 16.4 Å². The Balaban J connectivity index is 1.99. The van der Waals surface area contributed by atoms with Crippen molar-refractivity contribution >= 4 is 22.7 Å². The van der Waals surface area contributed by atoms with Gasteiger partial charge in [-0.05, 0) is 36.0 Å². The van der Waals surface area contributed by atoms with Crippen LogP contribution < -0.4 is 5.56 Å². The molecule has 0 N–H and O–H groups in total. The highest BCUT2D eigenvalue weighted by Gasteiger charge is 2.32. The molecule has 0 aliphatic rings. The van der Waals surface area contributed by atoms with Gasteiger partial charge in [-0.15, -0.1) is 10.2 Å². The summed E-state index contributed by atoms with van der Waals surface area (Å²) in [5, 5.41) is 7.69. The molecule has 3 aromatic rings. The first-order chi connectivity index (χ1) is 10.9. The molecule has 23 heavy (non-hydrogen) atoms. The number of rotatable bonds is 2. The lowest BCUT2D eigenvalue weighted by atomic mass is 10.2. The summed E-state index contributed by atoms with van der Waals surface area (Å²) in [6.07, 6.45) is -4.54. The van der Waals surface area contributed by atoms with Crippen LogP contribution in [0.15, 0.2) is 51.4 Å². The van der Waals surface area contributed by atoms with Crippen LogP contribution in [0.1, 0.15) is 5.69 Å². The average Bonchev–Trinajstić information content (AvgIpc) is 2.52. The summed E-state index contributed by atoms with van der Waals surface area (Å²) in [7, 11) is 1.54. The summed E-state index contributed by atoms with van der Waals surface area (Å²) < 4.78 is 38.7. The van der Waals surface area contributed by atoms with Crippen LogP contribution in [0.4, 0.5) is 13.2 Å². The third-order valence-electron chi connectivity index (χ3n) is 3.07. The van der Waals surface area contributed by atoms with Crippen molar-refractivity contribution in [2.75, 3.05) is 0 Å². The average molecular weight is 338 g/mol. The van der Waals surface area contributed by atoms with E-state index in [2.05, 4.69) is 15.2 Å². The molecule has 3 rings (SSSR count). The molecule has 0 fully saturated rings. The SMILES string of the molecule is Cn1c(Sc2ccc(C(F)(F)F)nn2)nc2ccccc2c1=O. The highest BCUT2D eigenvalue weighted by Crippen LogP contribution is 2.29. The Bertz CT molecular complexity index is 922. The molecule has 0 aliphatic carbocycles. The van der Waals surface area contributed by atoms with Crippen molar-refractivity contribution < 1.29 is 13.2 Å². The number of aromatic nitrogens is 4. The number of halogens is 3. The topological polar surface area (TPSA) is 60.7 Å². The van der Waals surface area contributed by atoms with Crippen LogP contribution in [0.5, 0.6) is 0 Å². The zero-order chi connectivity index (χ0) is 16.6. The van der Waals surface area contributed by atoms with E-state index in [1.54, 1.807) is 31.3 Å². The van der Waals surface area contributed by atoms with Gasteiger partial charge < -0.3 is 0 Å². The fourth-order valence-corrected chi connectivity index (χ4v) is 2.68. The molecular weight excluding hydrogens is 329 g/mol. The van der Waals surface area contributed by atoms with Gasteiger partial charge in [0.25, 0.3) is 5.56 Å². The molecule has 0 radical (unpaired) electrons. The molecule has 0 bridgehead atoms. The van der Waals surface area contributed by atoms with E-state index in [9.17, 15) is 18.0 Å². The van der Waals surface area contributed by atoms with Crippen molar-refractivity contribution in [2.24, 2.45) is 7.05 Å². The number of nitrogens with zero attached hydrogens (tertiary/aromatic N) is 4. The summed E-state index contributed by atoms with van der Waals surface area (Å²) >= 11 is 0.973. The Kier molecular flexibility index (Phi) is 3.80. The monoisotopic (exact) mass is 338 g/mol. The van der Waals surface area contributed by atoms with Crippen LogP contribution in [-0.4, -0.2) is 19.7 Å². The predicted molar refractivity (Wildman–Crippen MR) is 78.1 cm³/mol. The molecule has 0 saturated heterocycles. The van der Waals surface area contributed by atoms with Crippen molar-refractivity contribution in [1.29, 1.82) is 0 Å². The predicted octanol–water partition coefficient (Wildman–Crippen LogP) is 2.89. The van der Waals surface area contributed by atoms with Crippen molar-refractivity contribution in [3.63, 3.8) is 0 Å². The zero-order valence-corrected chi connectivity index (χ0v) is 12.5. The Labute approximate surface area is 132 Å². The van der Waals surface area contributed by atoms with Crippen LogP contribution in [0.3, 0.4) is 0 Å². The fraction of sp³-hybridized carbons (Fsp3) is 0.143. The molecule has 0 unspecified atom stereocenters. The third kappa shape index (κ3) is 3.04. The fourth-order valence-electron chi connectivity index (χ4n) is 1.91. The summed E-state index contributed by atoms with van der Waals surface area (Å²) in [4.78, 5) is 16.6. The second-order valence-corrected chi connectivity index (χ2v) is 5.62. The maximum absolute atomic E-state index is 12.5. The van der Waals surface area contributed by atoms with Crippen LogP contribution in [0.25, 0.3) is 10.9 Å². The molecule has 2 heterocycles. The van der Waals surface area contributed by atoms with Gasteiger partial charge in [0.05, 0.1) is 10.9 Å². The van der Waals surface area contributed by atoms with Crippen molar-refractivity contribution in [1.82, 2.24) is 19.7 Å². The van der Waals surface area contributed by atoms with E-state index in [0.29, 0.717) is 16.1 Å². The van der Waals surface area contributed by atoms with E-state index in [-0.39, 0.29) is 10.6 Å². The molecule has 118 valence electrons. The van der Waals surface area contributed by atoms with E-state index in [4.69, 9.17) is 0 Å². The minimum Gasteiger partial charge on any atom is -0.290 e. The van der Waals surface area contributed by atoms with Gasteiger partial charge in [0, 0.05) is 7.05 Å². The number of alkyl halides is 3. The molecular formula is C14H9F3N4OS. The van der Waals surface area contributed by atoms with Gasteiger partial charge in [-0.25, -0.2) is 4.98 Å². The molecule has 0 atom stereocenters. The molecule has 0 saturated carbocycles. The summed E-state index contributed by atoms with van der Waals surface area (Å²) in [5.74, 6) is 0. The number of hydrogen-bond donors (Lipinski definition) is 0. The van der Waals surface area contributed by atoms with E-state index >= 15 is 0 Å². The van der Waals surface area contributed by atoms with Gasteiger partial charge in [0.1, 0.15) is 5.03 Å². The largest absolute Gasteiger partial charge is 0.435 e. The maximum atomic E-state index is 12.5. The number of hydrogen-bond acceptors (Lipinski definition) is 5. The summed E-state index contributed by atoms with van der Waals surface area (Å²) in [5.41, 5.74) is -0.793. The third-order valence-corrected chi connectivity index (χ3v) is 4.04. The van der Waals surface area contributed by atoms with Gasteiger partial charge in [-0.1, -0.05) is 12.1 Å². The molecule has 0 aliphatic heterocycles. The van der Waals surface area contributed by atoms with E-state index in [1.807, 2.05) is 0 Å². The smallest absolute Gasteiger partial charge is 0.290 e. The lowest BCUT2D eigenvalue weighted by Crippen LogP contribution is -2.19. The van der Waals surface area contributed by atoms with Crippen LogP contribution in [0.2, 0.25) is 0 Å². The number of fused-ring (bicyclic) bond motifs is 1. The Morgan fingerprint density at radius 2 is 1.83 bits per heavy atom. The Morgan fingerprint density at radius 3 is 2.48 bits per heavy atom. The second-order valence-electron chi connectivity index (χ2n) is 4.63. The van der Waals surface area contributed by atoms with Gasteiger partial charge in [0.2, 0.25) is 0 Å². The first-order valence-electron chi connectivity index (χ1n) is 6.41. The molecule has 9 heteroatoms. The number of benzene rings is 1. The van der Waals surface area contributed by atoms with Crippen LogP contribution >= 0.6 is 11.8 Å². The van der Waals surface area contributed by atoms with E-state index in [0.717, 1.165) is 17.8 Å². The zero-order valence-electron chi connectivity index (χ0n) is 11.7. The first kappa shape index (κ1) is 15.5. The summed E-state index contributed by atoms with van der Waals surface area (Å²) in [6.45, 7) is 0. The van der Waals surface area contributed by atoms with E-state index in [1.165, 1.54) is 10.6 Å². The Morgan fingerprint density at radius 1 is 1.09 bits per heavy atom. The van der Waals surface area contributed by atoms with Gasteiger partial charge in [-0.3, -0.25) is 9.36 Å². The molecule has 2 aromatic heterocycles. The van der Waals surface area contributed by atoms with Gasteiger partial charge in [0.15, 0.2) is 10.9 Å². The van der Waals surface area contributed by atoms with Crippen molar-refractivity contribution in [3.8, 4) is 0 Å². The lowest BCUT2D eigenvalue weighted by Gasteiger charge is -2.08. The number of para-hydroxylation sites is 1. The van der Waals surface area contributed by atoms with E-state index < -0.39 is 11.9 Å². The van der Waals surface area contributed by atoms with Crippen molar-refractivity contribution in [3.05, 3.63) is 52.4 Å².